The van der Waals surface area contributed by atoms with Crippen LogP contribution in [-0.4, -0.2) is 33.0 Å². The van der Waals surface area contributed by atoms with Gasteiger partial charge in [-0.1, -0.05) is 19.1 Å². The van der Waals surface area contributed by atoms with E-state index in [9.17, 15) is 0 Å². The predicted octanol–water partition coefficient (Wildman–Crippen LogP) is 1.22. The number of nitrogens with one attached hydrogen (secondary N) is 1. The molecule has 14 heavy (non-hydrogen) atoms. The second-order valence-corrected chi connectivity index (χ2v) is 4.37. The first-order valence-corrected chi connectivity index (χ1v) is 6.10. The van der Waals surface area contributed by atoms with Crippen molar-refractivity contribution in [3.63, 3.8) is 0 Å². The van der Waals surface area contributed by atoms with Crippen molar-refractivity contribution < 1.29 is 0 Å². The van der Waals surface area contributed by atoms with Gasteiger partial charge in [-0.2, -0.15) is 11.8 Å². The Hall–Kier alpha value is -0.550. The van der Waals surface area contributed by atoms with Crippen LogP contribution in [0, 0.1) is 0 Å². The highest BCUT2D eigenvalue weighted by Crippen LogP contribution is 2.16. The molecule has 0 spiro atoms. The number of aromatic nitrogens is 3. The Morgan fingerprint density at radius 3 is 2.86 bits per heavy atom. The van der Waals surface area contributed by atoms with Crippen LogP contribution in [0.25, 0.3) is 0 Å². The van der Waals surface area contributed by atoms with E-state index in [0.29, 0.717) is 6.04 Å². The molecule has 4 nitrogen and oxygen atoms in total. The van der Waals surface area contributed by atoms with Crippen molar-refractivity contribution in [2.24, 2.45) is 7.05 Å². The minimum absolute atomic E-state index is 0.366. The van der Waals surface area contributed by atoms with E-state index in [1.54, 1.807) is 0 Å². The van der Waals surface area contributed by atoms with Gasteiger partial charge in [-0.25, -0.2) is 0 Å². The molecule has 0 aromatic carbocycles. The van der Waals surface area contributed by atoms with Gasteiger partial charge in [-0.3, -0.25) is 4.68 Å². The molecule has 0 amide bonds. The predicted molar refractivity (Wildman–Crippen MR) is 60.4 cm³/mol. The van der Waals surface area contributed by atoms with Crippen LogP contribution >= 0.6 is 11.8 Å². The zero-order valence-electron chi connectivity index (χ0n) is 9.03. The molecule has 0 saturated carbocycles. The van der Waals surface area contributed by atoms with Gasteiger partial charge in [0.1, 0.15) is 0 Å². The molecule has 1 N–H and O–H groups in total. The maximum absolute atomic E-state index is 3.95. The summed E-state index contributed by atoms with van der Waals surface area (Å²) >= 11 is 1.93. The summed E-state index contributed by atoms with van der Waals surface area (Å²) in [6.45, 7) is 5.27. The van der Waals surface area contributed by atoms with Crippen molar-refractivity contribution in [3.8, 4) is 0 Å². The van der Waals surface area contributed by atoms with Crippen molar-refractivity contribution in [2.75, 3.05) is 18.1 Å². The van der Waals surface area contributed by atoms with Crippen LogP contribution in [0.1, 0.15) is 25.6 Å². The lowest BCUT2D eigenvalue weighted by Gasteiger charge is -2.16. The summed E-state index contributed by atoms with van der Waals surface area (Å²) in [5, 5.41) is 11.3. The average Bonchev–Trinajstić information content (AvgIpc) is 2.59. The lowest BCUT2D eigenvalue weighted by Crippen LogP contribution is -2.25. The molecular weight excluding hydrogens is 196 g/mol. The molecule has 1 rings (SSSR count). The number of hydrogen-bond acceptors (Lipinski definition) is 4. The van der Waals surface area contributed by atoms with Crippen LogP contribution in [0.3, 0.4) is 0 Å². The minimum Gasteiger partial charge on any atom is -0.308 e. The highest BCUT2D eigenvalue weighted by molar-refractivity contribution is 7.99. The lowest BCUT2D eigenvalue weighted by molar-refractivity contribution is 0.549. The topological polar surface area (TPSA) is 42.7 Å². The molecular formula is C9H18N4S. The summed E-state index contributed by atoms with van der Waals surface area (Å²) < 4.78 is 1.84. The minimum atomic E-state index is 0.366. The van der Waals surface area contributed by atoms with Crippen LogP contribution in [0.15, 0.2) is 6.20 Å². The lowest BCUT2D eigenvalue weighted by atomic mass is 10.2. The zero-order chi connectivity index (χ0) is 10.4. The first-order valence-electron chi connectivity index (χ1n) is 4.95. The van der Waals surface area contributed by atoms with Crippen LogP contribution in [0.4, 0.5) is 0 Å². The first-order chi connectivity index (χ1) is 6.79. The Morgan fingerprint density at radius 1 is 1.57 bits per heavy atom. The van der Waals surface area contributed by atoms with Gasteiger partial charge in [-0.05, 0) is 12.3 Å². The average molecular weight is 214 g/mol. The SMILES string of the molecule is CCNC(CSCC)c1cnnn1C. The Kier molecular flexibility index (Phi) is 4.97. The standard InChI is InChI=1S/C9H18N4S/c1-4-10-8(7-14-5-2)9-6-11-12-13(9)3/h6,8,10H,4-5,7H2,1-3H3. The van der Waals surface area contributed by atoms with Gasteiger partial charge in [-0.15, -0.1) is 5.10 Å². The normalized spacial score (nSPS) is 13.1. The largest absolute Gasteiger partial charge is 0.308 e. The monoisotopic (exact) mass is 214 g/mol. The Morgan fingerprint density at radius 2 is 2.36 bits per heavy atom. The maximum Gasteiger partial charge on any atom is 0.0761 e. The van der Waals surface area contributed by atoms with Crippen LogP contribution in [0.5, 0.6) is 0 Å². The molecule has 0 bridgehead atoms. The molecule has 1 heterocycles. The third-order valence-electron chi connectivity index (χ3n) is 2.05. The van der Waals surface area contributed by atoms with Gasteiger partial charge >= 0.3 is 0 Å². The number of nitrogens with zero attached hydrogens (tertiary/aromatic N) is 3. The van der Waals surface area contributed by atoms with E-state index in [1.165, 1.54) is 0 Å². The maximum atomic E-state index is 3.95. The van der Waals surface area contributed by atoms with Crippen molar-refractivity contribution >= 4 is 11.8 Å². The van der Waals surface area contributed by atoms with Crippen molar-refractivity contribution in [3.05, 3.63) is 11.9 Å². The number of rotatable bonds is 6. The fraction of sp³-hybridized carbons (Fsp3) is 0.778. The van der Waals surface area contributed by atoms with Gasteiger partial charge in [0.15, 0.2) is 0 Å². The summed E-state index contributed by atoms with van der Waals surface area (Å²) in [5.41, 5.74) is 1.16. The molecule has 80 valence electrons. The fourth-order valence-electron chi connectivity index (χ4n) is 1.34. The van der Waals surface area contributed by atoms with E-state index in [4.69, 9.17) is 0 Å². The molecule has 0 saturated heterocycles. The summed E-state index contributed by atoms with van der Waals surface area (Å²) in [6, 6.07) is 0.366. The highest BCUT2D eigenvalue weighted by Gasteiger charge is 2.13. The molecule has 0 aliphatic heterocycles. The quantitative estimate of drug-likeness (QED) is 0.773. The van der Waals surface area contributed by atoms with Crippen LogP contribution in [-0.2, 0) is 7.05 Å². The first kappa shape index (κ1) is 11.5. The van der Waals surface area contributed by atoms with Gasteiger partial charge in [0, 0.05) is 12.8 Å². The second-order valence-electron chi connectivity index (χ2n) is 3.05. The van der Waals surface area contributed by atoms with E-state index in [0.717, 1.165) is 23.7 Å². The van der Waals surface area contributed by atoms with Gasteiger partial charge in [0.25, 0.3) is 0 Å². The Bertz CT molecular complexity index is 261. The zero-order valence-corrected chi connectivity index (χ0v) is 9.84. The van der Waals surface area contributed by atoms with E-state index in [1.807, 2.05) is 29.7 Å². The number of aryl methyl sites for hydroxylation is 1. The molecule has 1 aromatic rings. The third kappa shape index (κ3) is 2.99. The van der Waals surface area contributed by atoms with Crippen LogP contribution in [0.2, 0.25) is 0 Å². The van der Waals surface area contributed by atoms with E-state index in [2.05, 4.69) is 29.5 Å². The smallest absolute Gasteiger partial charge is 0.0761 e. The van der Waals surface area contributed by atoms with E-state index in [-0.39, 0.29) is 0 Å². The molecule has 1 atom stereocenters. The van der Waals surface area contributed by atoms with Crippen molar-refractivity contribution in [1.29, 1.82) is 0 Å². The molecule has 0 radical (unpaired) electrons. The molecule has 5 heteroatoms. The Balaban J connectivity index is 2.62. The summed E-state index contributed by atoms with van der Waals surface area (Å²) in [6.07, 6.45) is 1.84. The van der Waals surface area contributed by atoms with E-state index >= 15 is 0 Å². The van der Waals surface area contributed by atoms with Gasteiger partial charge in [0.05, 0.1) is 17.9 Å². The second kappa shape index (κ2) is 6.03. The summed E-state index contributed by atoms with van der Waals surface area (Å²) in [7, 11) is 1.93. The number of thioether (sulfide) groups is 1. The van der Waals surface area contributed by atoms with Gasteiger partial charge in [0.2, 0.25) is 0 Å². The van der Waals surface area contributed by atoms with Gasteiger partial charge < -0.3 is 5.32 Å². The van der Waals surface area contributed by atoms with E-state index < -0.39 is 0 Å². The highest BCUT2D eigenvalue weighted by atomic mass is 32.2. The fourth-order valence-corrected chi connectivity index (χ4v) is 2.10. The van der Waals surface area contributed by atoms with Crippen molar-refractivity contribution in [2.45, 2.75) is 19.9 Å². The molecule has 1 aromatic heterocycles. The number of hydrogen-bond donors (Lipinski definition) is 1. The molecule has 1 unspecified atom stereocenters. The van der Waals surface area contributed by atoms with Crippen molar-refractivity contribution in [1.82, 2.24) is 20.3 Å². The molecule has 0 aliphatic rings. The Labute approximate surface area is 89.5 Å². The molecule has 0 fully saturated rings. The molecule has 0 aliphatic carbocycles. The van der Waals surface area contributed by atoms with Crippen LogP contribution < -0.4 is 5.32 Å². The summed E-state index contributed by atoms with van der Waals surface area (Å²) in [5.74, 6) is 2.22. The third-order valence-corrected chi connectivity index (χ3v) is 3.02. The summed E-state index contributed by atoms with van der Waals surface area (Å²) in [4.78, 5) is 0.